The fraction of sp³-hybridized carbons (Fsp3) is 0.562. The maximum Gasteiger partial charge on any atom is 0.194 e. The molecule has 1 atom stereocenters. The Morgan fingerprint density at radius 3 is 2.96 bits per heavy atom. The summed E-state index contributed by atoms with van der Waals surface area (Å²) >= 11 is 1.75. The van der Waals surface area contributed by atoms with Crippen LogP contribution in [0.25, 0.3) is 0 Å². The lowest BCUT2D eigenvalue weighted by Crippen LogP contribution is -2.47. The third-order valence-corrected chi connectivity index (χ3v) is 5.16. The number of hydrogen-bond acceptors (Lipinski definition) is 5. The smallest absolute Gasteiger partial charge is 0.194 e. The molecule has 1 N–H and O–H groups in total. The molecule has 0 amide bonds. The van der Waals surface area contributed by atoms with Gasteiger partial charge in [-0.15, -0.1) is 35.3 Å². The molecule has 9 heteroatoms. The van der Waals surface area contributed by atoms with E-state index in [9.17, 15) is 0 Å². The quantitative estimate of drug-likeness (QED) is 0.417. The monoisotopic (exact) mass is 476 g/mol. The van der Waals surface area contributed by atoms with E-state index in [2.05, 4.69) is 32.2 Å². The molecule has 0 aliphatic carbocycles. The van der Waals surface area contributed by atoms with Crippen LogP contribution in [0.5, 0.6) is 0 Å². The number of nitrogens with one attached hydrogen (secondary N) is 1. The Labute approximate surface area is 169 Å². The van der Waals surface area contributed by atoms with Crippen molar-refractivity contribution in [1.82, 2.24) is 25.0 Å². The van der Waals surface area contributed by atoms with Crippen LogP contribution >= 0.6 is 35.3 Å². The topological polar surface area (TPSA) is 67.6 Å². The Balaban J connectivity index is 0.00000225. The highest BCUT2D eigenvalue weighted by Gasteiger charge is 2.25. The van der Waals surface area contributed by atoms with Gasteiger partial charge in [-0.25, -0.2) is 4.98 Å². The third kappa shape index (κ3) is 5.14. The fourth-order valence-electron chi connectivity index (χ4n) is 2.73. The third-order valence-electron chi connectivity index (χ3n) is 4.02. The zero-order chi connectivity index (χ0) is 16.9. The number of halogens is 1. The molecule has 1 fully saturated rings. The van der Waals surface area contributed by atoms with Crippen LogP contribution < -0.4 is 5.32 Å². The Bertz CT molecular complexity index is 700. The van der Waals surface area contributed by atoms with Gasteiger partial charge in [0.1, 0.15) is 11.1 Å². The molecule has 1 unspecified atom stereocenters. The number of ether oxygens (including phenoxy) is 1. The van der Waals surface area contributed by atoms with E-state index in [1.165, 1.54) is 4.88 Å². The Kier molecular flexibility index (Phi) is 7.63. The van der Waals surface area contributed by atoms with Crippen molar-refractivity contribution in [1.29, 1.82) is 0 Å². The number of guanidine groups is 1. The standard InChI is InChI=1S/C16H24N6OS.HI/c1-4-13-8-18-15(24-13)9-19-16(17-2)22-5-6-23-14(11-22)12-7-20-21(3)10-12;/h7-8,10,14H,4-6,9,11H2,1-3H3,(H,17,19);1H. The molecular formula is C16H25IN6OS. The van der Waals surface area contributed by atoms with Gasteiger partial charge in [0.05, 0.1) is 25.9 Å². The molecule has 1 aliphatic rings. The first-order chi connectivity index (χ1) is 11.7. The SMILES string of the molecule is CCc1cnc(CNC(=NC)N2CCOC(c3cnn(C)c3)C2)s1.I. The van der Waals surface area contributed by atoms with Crippen molar-refractivity contribution in [3.8, 4) is 0 Å². The molecule has 25 heavy (non-hydrogen) atoms. The van der Waals surface area contributed by atoms with E-state index >= 15 is 0 Å². The molecule has 0 bridgehead atoms. The van der Waals surface area contributed by atoms with Gasteiger partial charge < -0.3 is 15.0 Å². The first-order valence-corrected chi connectivity index (χ1v) is 9.00. The molecule has 138 valence electrons. The van der Waals surface area contributed by atoms with Crippen LogP contribution in [0.1, 0.15) is 28.5 Å². The molecule has 1 aliphatic heterocycles. The molecule has 3 heterocycles. The van der Waals surface area contributed by atoms with Gasteiger partial charge in [0.2, 0.25) is 0 Å². The molecule has 0 radical (unpaired) electrons. The summed E-state index contributed by atoms with van der Waals surface area (Å²) in [6, 6.07) is 0. The van der Waals surface area contributed by atoms with E-state index in [0.29, 0.717) is 13.2 Å². The molecule has 0 saturated carbocycles. The first-order valence-electron chi connectivity index (χ1n) is 8.19. The van der Waals surface area contributed by atoms with Crippen molar-refractivity contribution in [2.24, 2.45) is 12.0 Å². The minimum absolute atomic E-state index is 0. The molecular weight excluding hydrogens is 451 g/mol. The van der Waals surface area contributed by atoms with Gasteiger partial charge >= 0.3 is 0 Å². The molecule has 1 saturated heterocycles. The number of aryl methyl sites for hydroxylation is 2. The van der Waals surface area contributed by atoms with Gasteiger partial charge in [0.15, 0.2) is 5.96 Å². The first kappa shape index (κ1) is 20.1. The maximum atomic E-state index is 5.89. The Morgan fingerprint density at radius 2 is 2.32 bits per heavy atom. The molecule has 0 spiro atoms. The largest absolute Gasteiger partial charge is 0.370 e. The molecule has 2 aromatic rings. The Hall–Kier alpha value is -1.20. The summed E-state index contributed by atoms with van der Waals surface area (Å²) in [4.78, 5) is 12.4. The molecule has 0 aromatic carbocycles. The van der Waals surface area contributed by atoms with Crippen LogP contribution in [0.4, 0.5) is 0 Å². The molecule has 7 nitrogen and oxygen atoms in total. The second kappa shape index (κ2) is 9.48. The number of aliphatic imine (C=N–C) groups is 1. The lowest BCUT2D eigenvalue weighted by atomic mass is 10.1. The highest BCUT2D eigenvalue weighted by molar-refractivity contribution is 14.0. The fourth-order valence-corrected chi connectivity index (χ4v) is 3.53. The molecule has 3 rings (SSSR count). The van der Waals surface area contributed by atoms with Crippen LogP contribution in [0.2, 0.25) is 0 Å². The highest BCUT2D eigenvalue weighted by Crippen LogP contribution is 2.21. The van der Waals surface area contributed by atoms with E-state index in [-0.39, 0.29) is 30.1 Å². The normalized spacial score (nSPS) is 18.1. The van der Waals surface area contributed by atoms with E-state index in [0.717, 1.165) is 36.0 Å². The van der Waals surface area contributed by atoms with Gasteiger partial charge in [-0.05, 0) is 6.42 Å². The number of nitrogens with zero attached hydrogens (tertiary/aromatic N) is 5. The van der Waals surface area contributed by atoms with Crippen LogP contribution in [-0.2, 0) is 24.8 Å². The van der Waals surface area contributed by atoms with Crippen LogP contribution in [-0.4, -0.2) is 52.4 Å². The van der Waals surface area contributed by atoms with Gasteiger partial charge in [0, 0.05) is 43.5 Å². The average Bonchev–Trinajstić information content (AvgIpc) is 3.24. The number of morpholine rings is 1. The summed E-state index contributed by atoms with van der Waals surface area (Å²) in [5.74, 6) is 0.889. The highest BCUT2D eigenvalue weighted by atomic mass is 127. The van der Waals surface area contributed by atoms with Crippen LogP contribution in [0, 0.1) is 0 Å². The van der Waals surface area contributed by atoms with Crippen molar-refractivity contribution in [3.63, 3.8) is 0 Å². The van der Waals surface area contributed by atoms with Gasteiger partial charge in [-0.3, -0.25) is 9.67 Å². The zero-order valence-corrected chi connectivity index (χ0v) is 18.0. The van der Waals surface area contributed by atoms with Gasteiger partial charge in [-0.2, -0.15) is 5.10 Å². The van der Waals surface area contributed by atoms with Crippen molar-refractivity contribution < 1.29 is 4.74 Å². The second-order valence-electron chi connectivity index (χ2n) is 5.73. The lowest BCUT2D eigenvalue weighted by molar-refractivity contribution is -0.00805. The summed E-state index contributed by atoms with van der Waals surface area (Å²) in [6.07, 6.45) is 6.89. The average molecular weight is 476 g/mol. The van der Waals surface area contributed by atoms with Crippen LogP contribution in [0.3, 0.4) is 0 Å². The molecule has 2 aromatic heterocycles. The van der Waals surface area contributed by atoms with Gasteiger partial charge in [-0.1, -0.05) is 6.92 Å². The number of thiazole rings is 1. The number of aromatic nitrogens is 3. The summed E-state index contributed by atoms with van der Waals surface area (Å²) in [7, 11) is 3.74. The summed E-state index contributed by atoms with van der Waals surface area (Å²) in [6.45, 7) is 5.12. The predicted octanol–water partition coefficient (Wildman–Crippen LogP) is 2.21. The summed E-state index contributed by atoms with van der Waals surface area (Å²) in [5, 5.41) is 8.74. The Morgan fingerprint density at radius 1 is 1.48 bits per heavy atom. The van der Waals surface area contributed by atoms with Crippen molar-refractivity contribution in [2.75, 3.05) is 26.7 Å². The zero-order valence-electron chi connectivity index (χ0n) is 14.8. The van der Waals surface area contributed by atoms with E-state index in [1.54, 1.807) is 16.0 Å². The minimum Gasteiger partial charge on any atom is -0.370 e. The summed E-state index contributed by atoms with van der Waals surface area (Å²) < 4.78 is 7.70. The van der Waals surface area contributed by atoms with Crippen molar-refractivity contribution in [2.45, 2.75) is 26.0 Å². The number of hydrogen-bond donors (Lipinski definition) is 1. The second-order valence-corrected chi connectivity index (χ2v) is 6.93. The maximum absolute atomic E-state index is 5.89. The van der Waals surface area contributed by atoms with Crippen LogP contribution in [0.15, 0.2) is 23.6 Å². The van der Waals surface area contributed by atoms with E-state index in [1.807, 2.05) is 32.7 Å². The predicted molar refractivity (Wildman–Crippen MR) is 111 cm³/mol. The number of rotatable bonds is 4. The minimum atomic E-state index is 0. The van der Waals surface area contributed by atoms with Gasteiger partial charge in [0.25, 0.3) is 0 Å². The van der Waals surface area contributed by atoms with E-state index in [4.69, 9.17) is 4.74 Å². The lowest BCUT2D eigenvalue weighted by Gasteiger charge is -2.34. The van der Waals surface area contributed by atoms with Crippen molar-refractivity contribution >= 4 is 41.3 Å². The summed E-state index contributed by atoms with van der Waals surface area (Å²) in [5.41, 5.74) is 1.10. The van der Waals surface area contributed by atoms with Crippen molar-refractivity contribution in [3.05, 3.63) is 34.0 Å². The van der Waals surface area contributed by atoms with E-state index < -0.39 is 0 Å².